The SMILES string of the molecule is CC(C)[C@@H]1CC[C@@H](C)C[C@H]1OC(=O)[C@@H]1C[C@]1(C)c1ccccc1. The van der Waals surface area contributed by atoms with E-state index in [1.54, 1.807) is 0 Å². The van der Waals surface area contributed by atoms with Gasteiger partial charge in [-0.05, 0) is 42.6 Å². The van der Waals surface area contributed by atoms with E-state index < -0.39 is 0 Å². The molecule has 0 heterocycles. The fraction of sp³-hybridized carbons (Fsp3) is 0.667. The molecule has 0 aromatic heterocycles. The number of ether oxygens (including phenoxy) is 1. The van der Waals surface area contributed by atoms with Crippen molar-refractivity contribution in [2.24, 2.45) is 23.7 Å². The van der Waals surface area contributed by atoms with Crippen molar-refractivity contribution in [3.8, 4) is 0 Å². The molecule has 2 aliphatic rings. The monoisotopic (exact) mass is 314 g/mol. The van der Waals surface area contributed by atoms with E-state index in [-0.39, 0.29) is 23.4 Å². The molecule has 0 bridgehead atoms. The van der Waals surface area contributed by atoms with Crippen LogP contribution >= 0.6 is 0 Å². The third-order valence-corrected chi connectivity index (χ3v) is 6.18. The van der Waals surface area contributed by atoms with Crippen molar-refractivity contribution in [1.82, 2.24) is 0 Å². The molecule has 0 radical (unpaired) electrons. The second-order valence-electron chi connectivity index (χ2n) is 8.34. The number of hydrogen-bond donors (Lipinski definition) is 0. The number of benzene rings is 1. The van der Waals surface area contributed by atoms with Gasteiger partial charge >= 0.3 is 5.97 Å². The highest BCUT2D eigenvalue weighted by Crippen LogP contribution is 2.54. The lowest BCUT2D eigenvalue weighted by molar-refractivity contribution is -0.158. The van der Waals surface area contributed by atoms with Crippen LogP contribution in [0.4, 0.5) is 0 Å². The molecular formula is C21H30O2. The summed E-state index contributed by atoms with van der Waals surface area (Å²) in [4.78, 5) is 12.7. The molecule has 2 nitrogen and oxygen atoms in total. The molecule has 3 rings (SSSR count). The smallest absolute Gasteiger partial charge is 0.310 e. The average Bonchev–Trinajstić information content (AvgIpc) is 3.22. The van der Waals surface area contributed by atoms with Crippen molar-refractivity contribution in [1.29, 1.82) is 0 Å². The van der Waals surface area contributed by atoms with Gasteiger partial charge in [0.05, 0.1) is 5.92 Å². The van der Waals surface area contributed by atoms with Crippen LogP contribution in [0, 0.1) is 23.7 Å². The van der Waals surface area contributed by atoms with Crippen LogP contribution in [0.2, 0.25) is 0 Å². The lowest BCUT2D eigenvalue weighted by Crippen LogP contribution is -2.36. The Morgan fingerprint density at radius 3 is 2.57 bits per heavy atom. The molecule has 0 aliphatic heterocycles. The summed E-state index contributed by atoms with van der Waals surface area (Å²) in [7, 11) is 0. The number of rotatable bonds is 4. The Kier molecular flexibility index (Phi) is 4.53. The maximum atomic E-state index is 12.7. The zero-order valence-electron chi connectivity index (χ0n) is 14.9. The molecule has 2 saturated carbocycles. The van der Waals surface area contributed by atoms with Crippen molar-refractivity contribution in [2.75, 3.05) is 0 Å². The summed E-state index contributed by atoms with van der Waals surface area (Å²) in [6, 6.07) is 10.4. The zero-order chi connectivity index (χ0) is 16.6. The first-order chi connectivity index (χ1) is 10.9. The summed E-state index contributed by atoms with van der Waals surface area (Å²) in [5.74, 6) is 1.84. The van der Waals surface area contributed by atoms with Gasteiger partial charge in [0.1, 0.15) is 6.10 Å². The van der Waals surface area contributed by atoms with Crippen LogP contribution in [0.3, 0.4) is 0 Å². The van der Waals surface area contributed by atoms with Gasteiger partial charge in [-0.1, -0.05) is 64.4 Å². The summed E-state index contributed by atoms with van der Waals surface area (Å²) in [6.07, 6.45) is 4.53. The highest BCUT2D eigenvalue weighted by atomic mass is 16.5. The van der Waals surface area contributed by atoms with Crippen LogP contribution in [0.25, 0.3) is 0 Å². The summed E-state index contributed by atoms with van der Waals surface area (Å²) in [5, 5.41) is 0. The summed E-state index contributed by atoms with van der Waals surface area (Å²) >= 11 is 0. The lowest BCUT2D eigenvalue weighted by atomic mass is 9.75. The van der Waals surface area contributed by atoms with Crippen molar-refractivity contribution in [3.63, 3.8) is 0 Å². The number of carbonyl (C=O) groups is 1. The van der Waals surface area contributed by atoms with Crippen LogP contribution in [-0.4, -0.2) is 12.1 Å². The Bertz CT molecular complexity index is 550. The Morgan fingerprint density at radius 2 is 1.91 bits per heavy atom. The summed E-state index contributed by atoms with van der Waals surface area (Å²) in [5.41, 5.74) is 1.24. The van der Waals surface area contributed by atoms with E-state index >= 15 is 0 Å². The third kappa shape index (κ3) is 3.32. The van der Waals surface area contributed by atoms with E-state index in [2.05, 4.69) is 52.0 Å². The van der Waals surface area contributed by atoms with Crippen LogP contribution in [-0.2, 0) is 14.9 Å². The summed E-state index contributed by atoms with van der Waals surface area (Å²) < 4.78 is 6.04. The molecule has 5 atom stereocenters. The zero-order valence-corrected chi connectivity index (χ0v) is 14.9. The van der Waals surface area contributed by atoms with E-state index in [1.807, 2.05) is 6.07 Å². The molecule has 0 N–H and O–H groups in total. The highest BCUT2D eigenvalue weighted by molar-refractivity contribution is 5.79. The van der Waals surface area contributed by atoms with Crippen molar-refractivity contribution in [2.45, 2.75) is 64.9 Å². The van der Waals surface area contributed by atoms with Gasteiger partial charge in [-0.3, -0.25) is 4.79 Å². The molecule has 1 aromatic carbocycles. The van der Waals surface area contributed by atoms with Crippen LogP contribution in [0.15, 0.2) is 30.3 Å². The van der Waals surface area contributed by atoms with E-state index in [9.17, 15) is 4.79 Å². The first-order valence-corrected chi connectivity index (χ1v) is 9.18. The van der Waals surface area contributed by atoms with Gasteiger partial charge in [0.25, 0.3) is 0 Å². The molecule has 0 spiro atoms. The quantitative estimate of drug-likeness (QED) is 0.734. The van der Waals surface area contributed by atoms with Gasteiger partial charge in [0, 0.05) is 5.41 Å². The molecule has 2 heteroatoms. The van der Waals surface area contributed by atoms with Gasteiger partial charge in [-0.15, -0.1) is 0 Å². The maximum absolute atomic E-state index is 12.7. The van der Waals surface area contributed by atoms with Crippen molar-refractivity contribution in [3.05, 3.63) is 35.9 Å². The minimum absolute atomic E-state index is 0.0219. The van der Waals surface area contributed by atoms with Crippen LogP contribution < -0.4 is 0 Å². The fourth-order valence-corrected chi connectivity index (χ4v) is 4.33. The molecule has 2 aliphatic carbocycles. The van der Waals surface area contributed by atoms with E-state index in [4.69, 9.17) is 4.74 Å². The van der Waals surface area contributed by atoms with E-state index in [0.29, 0.717) is 17.8 Å². The minimum Gasteiger partial charge on any atom is -0.462 e. The Balaban J connectivity index is 1.65. The van der Waals surface area contributed by atoms with Crippen molar-refractivity contribution < 1.29 is 9.53 Å². The highest BCUT2D eigenvalue weighted by Gasteiger charge is 2.57. The topological polar surface area (TPSA) is 26.3 Å². The molecule has 0 saturated heterocycles. The standard InChI is InChI=1S/C21H30O2/c1-14(2)17-11-10-15(3)12-19(17)23-20(22)18-13-21(18,4)16-8-6-5-7-9-16/h5-9,14-15,17-19H,10-13H2,1-4H3/t15-,17+,18+,19-,21-/m1/s1. The molecule has 23 heavy (non-hydrogen) atoms. The van der Waals surface area contributed by atoms with E-state index in [0.717, 1.165) is 12.8 Å². The van der Waals surface area contributed by atoms with Crippen molar-refractivity contribution >= 4 is 5.97 Å². The van der Waals surface area contributed by atoms with Gasteiger partial charge in [-0.2, -0.15) is 0 Å². The molecule has 1 aromatic rings. The van der Waals surface area contributed by atoms with Gasteiger partial charge < -0.3 is 4.74 Å². The second-order valence-corrected chi connectivity index (χ2v) is 8.34. The predicted octanol–water partition coefficient (Wildman–Crippen LogP) is 4.97. The largest absolute Gasteiger partial charge is 0.462 e. The number of hydrogen-bond acceptors (Lipinski definition) is 2. The summed E-state index contributed by atoms with van der Waals surface area (Å²) in [6.45, 7) is 8.99. The predicted molar refractivity (Wildman–Crippen MR) is 93.1 cm³/mol. The Hall–Kier alpha value is -1.31. The Morgan fingerprint density at radius 1 is 1.22 bits per heavy atom. The average molecular weight is 314 g/mol. The Labute approximate surface area is 140 Å². The third-order valence-electron chi connectivity index (χ3n) is 6.18. The van der Waals surface area contributed by atoms with Gasteiger partial charge in [0.15, 0.2) is 0 Å². The normalized spacial score (nSPS) is 36.7. The first-order valence-electron chi connectivity index (χ1n) is 9.18. The number of carbonyl (C=O) groups excluding carboxylic acids is 1. The molecule has 2 fully saturated rings. The van der Waals surface area contributed by atoms with Gasteiger partial charge in [-0.25, -0.2) is 0 Å². The van der Waals surface area contributed by atoms with E-state index in [1.165, 1.54) is 18.4 Å². The maximum Gasteiger partial charge on any atom is 0.310 e. The molecule has 0 unspecified atom stereocenters. The van der Waals surface area contributed by atoms with Gasteiger partial charge in [0.2, 0.25) is 0 Å². The fourth-order valence-electron chi connectivity index (χ4n) is 4.33. The first kappa shape index (κ1) is 16.5. The lowest BCUT2D eigenvalue weighted by Gasteiger charge is -2.36. The van der Waals surface area contributed by atoms with Crippen LogP contribution in [0.1, 0.15) is 58.9 Å². The second kappa shape index (κ2) is 6.30. The number of esters is 1. The van der Waals surface area contributed by atoms with Crippen LogP contribution in [0.5, 0.6) is 0 Å². The molecule has 126 valence electrons. The molecule has 0 amide bonds. The minimum atomic E-state index is -0.0219. The molecular weight excluding hydrogens is 284 g/mol.